The molecule has 4 aromatic rings. The summed E-state index contributed by atoms with van der Waals surface area (Å²) in [6.45, 7) is 3.52. The molecule has 132 valence electrons. The van der Waals surface area contributed by atoms with Gasteiger partial charge in [-0.15, -0.1) is 0 Å². The van der Waals surface area contributed by atoms with Crippen molar-refractivity contribution < 1.29 is 0 Å². The lowest BCUT2D eigenvalue weighted by Gasteiger charge is -2.10. The van der Waals surface area contributed by atoms with E-state index in [1.54, 1.807) is 0 Å². The van der Waals surface area contributed by atoms with E-state index in [9.17, 15) is 0 Å². The van der Waals surface area contributed by atoms with Crippen molar-refractivity contribution in [1.82, 2.24) is 20.5 Å². The van der Waals surface area contributed by atoms with Crippen molar-refractivity contribution in [2.45, 2.75) is 0 Å². The van der Waals surface area contributed by atoms with E-state index in [0.717, 1.165) is 59.4 Å². The minimum absolute atomic E-state index is 0.857. The van der Waals surface area contributed by atoms with E-state index in [1.807, 2.05) is 18.5 Å². The van der Waals surface area contributed by atoms with E-state index in [2.05, 4.69) is 73.6 Å². The summed E-state index contributed by atoms with van der Waals surface area (Å²) < 4.78 is 0. The van der Waals surface area contributed by atoms with Crippen LogP contribution in [-0.2, 0) is 0 Å². The normalized spacial score (nSPS) is 11.1. The summed E-state index contributed by atoms with van der Waals surface area (Å²) >= 11 is 0. The standard InChI is InChI=1S/C20H22N6/c1-3-15-4-2-8-24-20(15)18(5-1)23-12-10-21-9-11-22-17-7-6-16-14-25-26-19(16)13-17/h1-8,13-14,21-23H,9-12H2,(H,25,26). The Labute approximate surface area is 152 Å². The van der Waals surface area contributed by atoms with Gasteiger partial charge in [0.05, 0.1) is 22.9 Å². The van der Waals surface area contributed by atoms with Crippen LogP contribution in [0.25, 0.3) is 21.8 Å². The Kier molecular flexibility index (Phi) is 4.93. The molecule has 4 N–H and O–H groups in total. The monoisotopic (exact) mass is 346 g/mol. The van der Waals surface area contributed by atoms with Crippen molar-refractivity contribution in [2.24, 2.45) is 0 Å². The maximum Gasteiger partial charge on any atom is 0.0933 e. The van der Waals surface area contributed by atoms with Gasteiger partial charge in [-0.1, -0.05) is 18.2 Å². The third kappa shape index (κ3) is 3.75. The molecule has 2 aromatic carbocycles. The first kappa shape index (κ1) is 16.4. The quantitative estimate of drug-likeness (QED) is 0.369. The van der Waals surface area contributed by atoms with Gasteiger partial charge in [0.15, 0.2) is 0 Å². The highest BCUT2D eigenvalue weighted by atomic mass is 15.1. The van der Waals surface area contributed by atoms with Gasteiger partial charge in [-0.25, -0.2) is 0 Å². The Hall–Kier alpha value is -3.12. The first-order valence-corrected chi connectivity index (χ1v) is 8.85. The SMILES string of the molecule is c1cnc2c(NCCNCCNc3ccc4cn[nH]c4c3)cccc2c1. The predicted molar refractivity (Wildman–Crippen MR) is 108 cm³/mol. The number of rotatable bonds is 8. The van der Waals surface area contributed by atoms with E-state index in [-0.39, 0.29) is 0 Å². The van der Waals surface area contributed by atoms with Crippen LogP contribution in [0.15, 0.2) is 60.9 Å². The number of H-pyrrole nitrogens is 1. The van der Waals surface area contributed by atoms with Gasteiger partial charge in [-0.2, -0.15) is 5.10 Å². The molecule has 0 aliphatic carbocycles. The number of aromatic amines is 1. The average molecular weight is 346 g/mol. The molecule has 0 spiro atoms. The van der Waals surface area contributed by atoms with Crippen molar-refractivity contribution in [3.05, 3.63) is 60.9 Å². The highest BCUT2D eigenvalue weighted by Crippen LogP contribution is 2.20. The van der Waals surface area contributed by atoms with E-state index in [4.69, 9.17) is 0 Å². The topological polar surface area (TPSA) is 77.7 Å². The van der Waals surface area contributed by atoms with Crippen LogP contribution in [0.5, 0.6) is 0 Å². The molecular formula is C20H22N6. The summed E-state index contributed by atoms with van der Waals surface area (Å²) in [4.78, 5) is 4.46. The van der Waals surface area contributed by atoms with Crippen LogP contribution in [0, 0.1) is 0 Å². The van der Waals surface area contributed by atoms with Gasteiger partial charge in [0.1, 0.15) is 0 Å². The first-order valence-electron chi connectivity index (χ1n) is 8.85. The number of pyridine rings is 1. The minimum Gasteiger partial charge on any atom is -0.384 e. The number of hydrogen-bond acceptors (Lipinski definition) is 5. The van der Waals surface area contributed by atoms with Gasteiger partial charge in [0, 0.05) is 48.8 Å². The van der Waals surface area contributed by atoms with Crippen molar-refractivity contribution in [1.29, 1.82) is 0 Å². The molecule has 6 nitrogen and oxygen atoms in total. The molecule has 0 radical (unpaired) electrons. The van der Waals surface area contributed by atoms with E-state index in [0.29, 0.717) is 0 Å². The van der Waals surface area contributed by atoms with Crippen LogP contribution < -0.4 is 16.0 Å². The summed E-state index contributed by atoms with van der Waals surface area (Å²) in [7, 11) is 0. The molecule has 2 aromatic heterocycles. The number of nitrogens with zero attached hydrogens (tertiary/aromatic N) is 2. The van der Waals surface area contributed by atoms with Crippen LogP contribution in [0.1, 0.15) is 0 Å². The van der Waals surface area contributed by atoms with Gasteiger partial charge < -0.3 is 16.0 Å². The Morgan fingerprint density at radius 3 is 2.69 bits per heavy atom. The molecule has 0 aliphatic heterocycles. The van der Waals surface area contributed by atoms with Crippen LogP contribution in [0.2, 0.25) is 0 Å². The molecule has 0 saturated heterocycles. The molecule has 26 heavy (non-hydrogen) atoms. The number of nitrogens with one attached hydrogen (secondary N) is 4. The zero-order valence-electron chi connectivity index (χ0n) is 14.5. The number of aromatic nitrogens is 3. The molecule has 0 bridgehead atoms. The zero-order valence-corrected chi connectivity index (χ0v) is 14.5. The zero-order chi connectivity index (χ0) is 17.6. The molecule has 0 saturated carbocycles. The lowest BCUT2D eigenvalue weighted by Crippen LogP contribution is -2.27. The maximum atomic E-state index is 4.46. The smallest absolute Gasteiger partial charge is 0.0933 e. The highest BCUT2D eigenvalue weighted by Gasteiger charge is 2.00. The fraction of sp³-hybridized carbons (Fsp3) is 0.200. The lowest BCUT2D eigenvalue weighted by molar-refractivity contribution is 0.719. The number of hydrogen-bond donors (Lipinski definition) is 4. The summed E-state index contributed by atoms with van der Waals surface area (Å²) in [5, 5.41) is 19.6. The predicted octanol–water partition coefficient (Wildman–Crippen LogP) is 3.22. The molecule has 0 amide bonds. The molecule has 6 heteroatoms. The van der Waals surface area contributed by atoms with Gasteiger partial charge >= 0.3 is 0 Å². The number of benzene rings is 2. The van der Waals surface area contributed by atoms with Crippen molar-refractivity contribution in [2.75, 3.05) is 36.8 Å². The molecular weight excluding hydrogens is 324 g/mol. The van der Waals surface area contributed by atoms with Gasteiger partial charge in [-0.3, -0.25) is 10.1 Å². The second kappa shape index (κ2) is 7.84. The first-order chi connectivity index (χ1) is 12.9. The van der Waals surface area contributed by atoms with Gasteiger partial charge in [-0.05, 0) is 30.3 Å². The van der Waals surface area contributed by atoms with Crippen LogP contribution in [-0.4, -0.2) is 41.4 Å². The third-order valence-electron chi connectivity index (χ3n) is 4.32. The molecule has 0 atom stereocenters. The fourth-order valence-corrected chi connectivity index (χ4v) is 3.00. The average Bonchev–Trinajstić information content (AvgIpc) is 3.15. The lowest BCUT2D eigenvalue weighted by atomic mass is 10.2. The Balaban J connectivity index is 1.18. The second-order valence-corrected chi connectivity index (χ2v) is 6.16. The summed E-state index contributed by atoms with van der Waals surface area (Å²) in [5.41, 5.74) is 4.25. The number of fused-ring (bicyclic) bond motifs is 2. The van der Waals surface area contributed by atoms with E-state index < -0.39 is 0 Å². The van der Waals surface area contributed by atoms with Crippen LogP contribution in [0.3, 0.4) is 0 Å². The van der Waals surface area contributed by atoms with Crippen LogP contribution >= 0.6 is 0 Å². The van der Waals surface area contributed by atoms with Gasteiger partial charge in [0.2, 0.25) is 0 Å². The van der Waals surface area contributed by atoms with Gasteiger partial charge in [0.25, 0.3) is 0 Å². The Morgan fingerprint density at radius 1 is 0.846 bits per heavy atom. The van der Waals surface area contributed by atoms with Crippen molar-refractivity contribution in [3.8, 4) is 0 Å². The maximum absolute atomic E-state index is 4.46. The minimum atomic E-state index is 0.857. The summed E-state index contributed by atoms with van der Waals surface area (Å²) in [6.07, 6.45) is 3.66. The fourth-order valence-electron chi connectivity index (χ4n) is 3.00. The number of anilines is 2. The molecule has 0 aliphatic rings. The number of para-hydroxylation sites is 1. The van der Waals surface area contributed by atoms with E-state index in [1.165, 1.54) is 0 Å². The third-order valence-corrected chi connectivity index (χ3v) is 4.32. The second-order valence-electron chi connectivity index (χ2n) is 6.16. The summed E-state index contributed by atoms with van der Waals surface area (Å²) in [6, 6.07) is 16.5. The van der Waals surface area contributed by atoms with Crippen LogP contribution in [0.4, 0.5) is 11.4 Å². The van der Waals surface area contributed by atoms with E-state index >= 15 is 0 Å². The molecule has 4 rings (SSSR count). The Bertz CT molecular complexity index is 988. The molecule has 0 unspecified atom stereocenters. The Morgan fingerprint density at radius 2 is 1.73 bits per heavy atom. The highest BCUT2D eigenvalue weighted by molar-refractivity contribution is 5.90. The van der Waals surface area contributed by atoms with Crippen molar-refractivity contribution in [3.63, 3.8) is 0 Å². The van der Waals surface area contributed by atoms with Crippen molar-refractivity contribution >= 4 is 33.2 Å². The molecule has 0 fully saturated rings. The summed E-state index contributed by atoms with van der Waals surface area (Å²) in [5.74, 6) is 0. The largest absolute Gasteiger partial charge is 0.384 e. The molecule has 2 heterocycles.